The van der Waals surface area contributed by atoms with Crippen molar-refractivity contribution >= 4 is 11.9 Å². The maximum atomic E-state index is 14.6. The van der Waals surface area contributed by atoms with Gasteiger partial charge >= 0.3 is 6.09 Å². The standard InChI is InChI=1S/C26H32FNO6/c1-15(2)32-21-22(29)26(31,23(21)33-16(3)4)20-14-17(18-10-8-9-11-19(18)27)12-13-28(20)24(30)34-25(5,6)7/h8-17,31H,1-7H3. The molecule has 0 saturated heterocycles. The molecule has 3 rings (SSSR count). The highest BCUT2D eigenvalue weighted by molar-refractivity contribution is 6.13. The quantitative estimate of drug-likeness (QED) is 0.630. The number of rotatable bonds is 6. The highest BCUT2D eigenvalue weighted by Crippen LogP contribution is 2.46. The van der Waals surface area contributed by atoms with E-state index in [1.165, 1.54) is 18.3 Å². The van der Waals surface area contributed by atoms with Gasteiger partial charge in [0.15, 0.2) is 5.76 Å². The summed E-state index contributed by atoms with van der Waals surface area (Å²) < 4.78 is 31.4. The minimum absolute atomic E-state index is 0.0939. The third-order valence-corrected chi connectivity index (χ3v) is 5.04. The van der Waals surface area contributed by atoms with E-state index in [1.807, 2.05) is 0 Å². The second-order valence-corrected chi connectivity index (χ2v) is 9.82. The molecule has 2 unspecified atom stereocenters. The summed E-state index contributed by atoms with van der Waals surface area (Å²) in [4.78, 5) is 27.3. The molecule has 1 aliphatic carbocycles. The molecule has 1 N–H and O–H groups in total. The average molecular weight is 474 g/mol. The molecule has 1 amide bonds. The van der Waals surface area contributed by atoms with E-state index in [-0.39, 0.29) is 23.3 Å². The first-order valence-electron chi connectivity index (χ1n) is 11.3. The lowest BCUT2D eigenvalue weighted by Gasteiger charge is -2.44. The van der Waals surface area contributed by atoms with Crippen LogP contribution in [0.15, 0.2) is 59.8 Å². The van der Waals surface area contributed by atoms with Crippen LogP contribution in [-0.4, -0.2) is 45.3 Å². The van der Waals surface area contributed by atoms with E-state index in [0.29, 0.717) is 5.56 Å². The Balaban J connectivity index is 2.14. The number of allylic oxidation sites excluding steroid dienone is 2. The number of Topliss-reactive ketones (excluding diaryl/α,β-unsaturated/α-hetero) is 1. The largest absolute Gasteiger partial charge is 0.487 e. The SMILES string of the molecule is CC(C)OC1=C(OC(C)C)C(O)(C2=CC(c3ccccc3F)C=CN2C(=O)OC(C)(C)C)C1=O. The second-order valence-electron chi connectivity index (χ2n) is 9.82. The van der Waals surface area contributed by atoms with Gasteiger partial charge in [-0.25, -0.2) is 9.18 Å². The first-order valence-corrected chi connectivity index (χ1v) is 11.3. The zero-order valence-electron chi connectivity index (χ0n) is 20.6. The lowest BCUT2D eigenvalue weighted by molar-refractivity contribution is -0.147. The average Bonchev–Trinajstić information content (AvgIpc) is 2.74. The number of halogens is 1. The molecule has 8 heteroatoms. The van der Waals surface area contributed by atoms with E-state index in [1.54, 1.807) is 72.7 Å². The van der Waals surface area contributed by atoms with Crippen LogP contribution in [0, 0.1) is 5.82 Å². The van der Waals surface area contributed by atoms with Crippen LogP contribution >= 0.6 is 0 Å². The van der Waals surface area contributed by atoms with Crippen molar-refractivity contribution in [2.24, 2.45) is 0 Å². The highest BCUT2D eigenvalue weighted by atomic mass is 19.1. The number of hydrogen-bond donors (Lipinski definition) is 1. The number of benzene rings is 1. The zero-order chi connectivity index (χ0) is 25.4. The Hall–Kier alpha value is -3.13. The molecule has 0 saturated carbocycles. The van der Waals surface area contributed by atoms with E-state index in [2.05, 4.69) is 0 Å². The van der Waals surface area contributed by atoms with Gasteiger partial charge < -0.3 is 19.3 Å². The van der Waals surface area contributed by atoms with Crippen LogP contribution in [0.3, 0.4) is 0 Å². The van der Waals surface area contributed by atoms with Crippen LogP contribution in [0.2, 0.25) is 0 Å². The molecule has 2 aliphatic rings. The van der Waals surface area contributed by atoms with Crippen LogP contribution in [0.4, 0.5) is 9.18 Å². The predicted octanol–water partition coefficient (Wildman–Crippen LogP) is 4.93. The fourth-order valence-electron chi connectivity index (χ4n) is 3.69. The number of ether oxygens (including phenoxy) is 3. The maximum Gasteiger partial charge on any atom is 0.418 e. The van der Waals surface area contributed by atoms with E-state index in [9.17, 15) is 19.1 Å². The minimum atomic E-state index is -2.31. The first-order chi connectivity index (χ1) is 15.8. The van der Waals surface area contributed by atoms with Crippen molar-refractivity contribution in [3.63, 3.8) is 0 Å². The lowest BCUT2D eigenvalue weighted by Crippen LogP contribution is -2.58. The summed E-state index contributed by atoms with van der Waals surface area (Å²) in [6.07, 6.45) is 2.90. The molecule has 0 radical (unpaired) electrons. The lowest BCUT2D eigenvalue weighted by atomic mass is 9.77. The topological polar surface area (TPSA) is 85.3 Å². The van der Waals surface area contributed by atoms with Crippen molar-refractivity contribution in [3.05, 3.63) is 71.2 Å². The zero-order valence-corrected chi connectivity index (χ0v) is 20.6. The van der Waals surface area contributed by atoms with Gasteiger partial charge in [0.2, 0.25) is 17.1 Å². The molecule has 1 aromatic rings. The molecule has 1 aromatic carbocycles. The summed E-state index contributed by atoms with van der Waals surface area (Å²) in [5.74, 6) is -2.05. The molecule has 1 aliphatic heterocycles. The summed E-state index contributed by atoms with van der Waals surface area (Å²) in [5, 5.41) is 11.7. The third-order valence-electron chi connectivity index (χ3n) is 5.04. The normalized spacial score (nSPS) is 22.7. The van der Waals surface area contributed by atoms with Crippen molar-refractivity contribution in [1.82, 2.24) is 4.90 Å². The number of carbonyl (C=O) groups excluding carboxylic acids is 2. The van der Waals surface area contributed by atoms with Gasteiger partial charge in [0.05, 0.1) is 17.9 Å². The van der Waals surface area contributed by atoms with Crippen molar-refractivity contribution in [1.29, 1.82) is 0 Å². The Morgan fingerprint density at radius 2 is 1.74 bits per heavy atom. The molecule has 184 valence electrons. The molecule has 1 heterocycles. The predicted molar refractivity (Wildman–Crippen MR) is 124 cm³/mol. The summed E-state index contributed by atoms with van der Waals surface area (Å²) >= 11 is 0. The Kier molecular flexibility index (Phi) is 6.94. The molecular formula is C26H32FNO6. The number of amides is 1. The number of carbonyl (C=O) groups is 2. The van der Waals surface area contributed by atoms with E-state index in [0.717, 1.165) is 4.90 Å². The van der Waals surface area contributed by atoms with Crippen molar-refractivity contribution in [3.8, 4) is 0 Å². The molecule has 0 fully saturated rings. The molecular weight excluding hydrogens is 441 g/mol. The third kappa shape index (κ3) is 4.87. The molecule has 34 heavy (non-hydrogen) atoms. The Labute approximate surface area is 199 Å². The van der Waals surface area contributed by atoms with E-state index >= 15 is 0 Å². The molecule has 2 atom stereocenters. The minimum Gasteiger partial charge on any atom is -0.487 e. The van der Waals surface area contributed by atoms with Gasteiger partial charge in [-0.2, -0.15) is 0 Å². The smallest absolute Gasteiger partial charge is 0.418 e. The van der Waals surface area contributed by atoms with Crippen molar-refractivity contribution in [2.45, 2.75) is 77.8 Å². The summed E-state index contributed by atoms with van der Waals surface area (Å²) in [6.45, 7) is 12.1. The Morgan fingerprint density at radius 1 is 1.12 bits per heavy atom. The summed E-state index contributed by atoms with van der Waals surface area (Å²) in [7, 11) is 0. The molecule has 0 spiro atoms. The number of aliphatic hydroxyl groups is 1. The number of hydrogen-bond acceptors (Lipinski definition) is 6. The number of nitrogens with zero attached hydrogens (tertiary/aromatic N) is 1. The van der Waals surface area contributed by atoms with Gasteiger partial charge in [-0.05, 0) is 66.2 Å². The van der Waals surface area contributed by atoms with Crippen molar-refractivity contribution in [2.75, 3.05) is 0 Å². The van der Waals surface area contributed by atoms with E-state index in [4.69, 9.17) is 14.2 Å². The van der Waals surface area contributed by atoms with Gasteiger partial charge in [-0.1, -0.05) is 24.3 Å². The van der Waals surface area contributed by atoms with Gasteiger partial charge in [-0.15, -0.1) is 0 Å². The molecule has 7 nitrogen and oxygen atoms in total. The fourth-order valence-corrected chi connectivity index (χ4v) is 3.69. The van der Waals surface area contributed by atoms with E-state index < -0.39 is 40.9 Å². The van der Waals surface area contributed by atoms with Gasteiger partial charge in [-0.3, -0.25) is 9.69 Å². The second kappa shape index (κ2) is 9.25. The van der Waals surface area contributed by atoms with Crippen LogP contribution in [0.25, 0.3) is 0 Å². The Bertz CT molecular complexity index is 1070. The monoisotopic (exact) mass is 473 g/mol. The number of ketones is 1. The fraction of sp³-hybridized carbons (Fsp3) is 0.462. The van der Waals surface area contributed by atoms with Gasteiger partial charge in [0.1, 0.15) is 11.4 Å². The van der Waals surface area contributed by atoms with Gasteiger partial charge in [0.25, 0.3) is 0 Å². The van der Waals surface area contributed by atoms with Crippen LogP contribution in [0.5, 0.6) is 0 Å². The van der Waals surface area contributed by atoms with Gasteiger partial charge in [0, 0.05) is 12.1 Å². The van der Waals surface area contributed by atoms with Crippen LogP contribution in [0.1, 0.15) is 59.9 Å². The van der Waals surface area contributed by atoms with Crippen LogP contribution in [-0.2, 0) is 19.0 Å². The van der Waals surface area contributed by atoms with Crippen LogP contribution < -0.4 is 0 Å². The first kappa shape index (κ1) is 25.5. The maximum absolute atomic E-state index is 14.6. The van der Waals surface area contributed by atoms with Crippen molar-refractivity contribution < 1.29 is 33.3 Å². The molecule has 0 aromatic heterocycles. The summed E-state index contributed by atoms with van der Waals surface area (Å²) in [5.41, 5.74) is -2.91. The Morgan fingerprint density at radius 3 is 2.29 bits per heavy atom. The summed E-state index contributed by atoms with van der Waals surface area (Å²) in [6, 6.07) is 6.18. The molecule has 0 bridgehead atoms. The highest BCUT2D eigenvalue weighted by Gasteiger charge is 2.62.